The van der Waals surface area contributed by atoms with Gasteiger partial charge in [-0.05, 0) is 30.3 Å². The summed E-state index contributed by atoms with van der Waals surface area (Å²) >= 11 is 19.6. The van der Waals surface area contributed by atoms with Crippen LogP contribution < -0.4 is 0 Å². The molecule has 3 aromatic rings. The van der Waals surface area contributed by atoms with Gasteiger partial charge in [-0.15, -0.1) is 11.3 Å². The maximum absolute atomic E-state index is 6.19. The van der Waals surface area contributed by atoms with Crippen LogP contribution in [0.4, 0.5) is 0 Å². The molecule has 0 saturated carbocycles. The molecule has 0 radical (unpaired) electrons. The molecule has 0 bridgehead atoms. The van der Waals surface area contributed by atoms with E-state index >= 15 is 0 Å². The van der Waals surface area contributed by atoms with Gasteiger partial charge in [0.2, 0.25) is 0 Å². The van der Waals surface area contributed by atoms with Crippen LogP contribution in [0.15, 0.2) is 41.9 Å². The van der Waals surface area contributed by atoms with E-state index in [1.807, 2.05) is 17.5 Å². The molecule has 3 rings (SSSR count). The van der Waals surface area contributed by atoms with E-state index in [-0.39, 0.29) is 0 Å². The fourth-order valence-corrected chi connectivity index (χ4v) is 3.14. The average molecular weight is 342 g/mol. The van der Waals surface area contributed by atoms with E-state index in [0.717, 1.165) is 21.8 Å². The number of aromatic nitrogens is 2. The largest absolute Gasteiger partial charge is 0.245 e. The number of pyridine rings is 1. The monoisotopic (exact) mass is 340 g/mol. The Morgan fingerprint density at radius 2 is 1.85 bits per heavy atom. The fraction of sp³-hybridized carbons (Fsp3) is 0. The minimum Gasteiger partial charge on any atom is -0.245 e. The zero-order chi connectivity index (χ0) is 14.1. The van der Waals surface area contributed by atoms with Crippen molar-refractivity contribution in [2.75, 3.05) is 0 Å². The summed E-state index contributed by atoms with van der Waals surface area (Å²) in [6, 6.07) is 8.98. The molecule has 100 valence electrons. The molecule has 0 unspecified atom stereocenters. The lowest BCUT2D eigenvalue weighted by molar-refractivity contribution is 1.32. The number of hydrogen-bond donors (Lipinski definition) is 0. The summed E-state index contributed by atoms with van der Waals surface area (Å²) < 4.78 is 0. The van der Waals surface area contributed by atoms with E-state index in [1.165, 1.54) is 11.3 Å². The molecular weight excluding hydrogens is 335 g/mol. The van der Waals surface area contributed by atoms with Crippen molar-refractivity contribution in [3.63, 3.8) is 0 Å². The normalized spacial score (nSPS) is 10.8. The topological polar surface area (TPSA) is 25.8 Å². The van der Waals surface area contributed by atoms with Gasteiger partial charge in [-0.3, -0.25) is 0 Å². The van der Waals surface area contributed by atoms with E-state index in [4.69, 9.17) is 34.8 Å². The number of nitrogens with zero attached hydrogens (tertiary/aromatic N) is 2. The first-order valence-electron chi connectivity index (χ1n) is 5.66. The molecule has 0 fully saturated rings. The lowest BCUT2D eigenvalue weighted by atomic mass is 10.2. The highest BCUT2D eigenvalue weighted by Crippen LogP contribution is 2.34. The quantitative estimate of drug-likeness (QED) is 0.548. The van der Waals surface area contributed by atoms with Crippen molar-refractivity contribution in [3.8, 4) is 21.8 Å². The Bertz CT molecular complexity index is 771. The molecule has 1 aromatic carbocycles. The van der Waals surface area contributed by atoms with Crippen LogP contribution in [-0.4, -0.2) is 9.97 Å². The second-order valence-corrected chi connectivity index (χ2v) is 6.12. The molecule has 0 N–H and O–H groups in total. The van der Waals surface area contributed by atoms with Crippen LogP contribution in [0.5, 0.6) is 0 Å². The molecule has 6 heteroatoms. The molecule has 0 saturated heterocycles. The minimum absolute atomic E-state index is 0.444. The first-order chi connectivity index (χ1) is 9.63. The highest BCUT2D eigenvalue weighted by Gasteiger charge is 2.10. The highest BCUT2D eigenvalue weighted by molar-refractivity contribution is 7.13. The third-order valence-corrected chi connectivity index (χ3v) is 4.34. The standard InChI is InChI=1S/C14H7Cl3N2S/c15-9-1-2-11(16)10(6-9)12-7-20-14(19-12)8-3-4-18-13(17)5-8/h1-7H. The van der Waals surface area contributed by atoms with E-state index in [9.17, 15) is 0 Å². The van der Waals surface area contributed by atoms with Crippen LogP contribution >= 0.6 is 46.1 Å². The summed E-state index contributed by atoms with van der Waals surface area (Å²) in [6.45, 7) is 0. The summed E-state index contributed by atoms with van der Waals surface area (Å²) in [5, 5.41) is 4.51. The summed E-state index contributed by atoms with van der Waals surface area (Å²) in [5.41, 5.74) is 2.55. The zero-order valence-corrected chi connectivity index (χ0v) is 13.1. The van der Waals surface area contributed by atoms with Crippen molar-refractivity contribution in [2.24, 2.45) is 0 Å². The Morgan fingerprint density at radius 1 is 1.00 bits per heavy atom. The third kappa shape index (κ3) is 2.81. The van der Waals surface area contributed by atoms with E-state index in [2.05, 4.69) is 9.97 Å². The molecule has 0 spiro atoms. The molecule has 20 heavy (non-hydrogen) atoms. The van der Waals surface area contributed by atoms with Gasteiger partial charge in [0, 0.05) is 27.7 Å². The second kappa shape index (κ2) is 5.70. The van der Waals surface area contributed by atoms with Gasteiger partial charge in [0.15, 0.2) is 0 Å². The molecule has 0 aliphatic carbocycles. The first kappa shape index (κ1) is 13.8. The van der Waals surface area contributed by atoms with Gasteiger partial charge in [-0.2, -0.15) is 0 Å². The number of halogens is 3. The molecule has 0 atom stereocenters. The maximum Gasteiger partial charge on any atom is 0.129 e. The molecule has 0 aliphatic rings. The van der Waals surface area contributed by atoms with Gasteiger partial charge in [0.05, 0.1) is 10.7 Å². The van der Waals surface area contributed by atoms with Gasteiger partial charge < -0.3 is 0 Å². The third-order valence-electron chi connectivity index (χ3n) is 2.68. The lowest BCUT2D eigenvalue weighted by Gasteiger charge is -2.01. The predicted octanol–water partition coefficient (Wildman–Crippen LogP) is 5.83. The number of rotatable bonds is 2. The fourth-order valence-electron chi connectivity index (χ4n) is 1.76. The van der Waals surface area contributed by atoms with Gasteiger partial charge in [-0.1, -0.05) is 34.8 Å². The lowest BCUT2D eigenvalue weighted by Crippen LogP contribution is -1.82. The Kier molecular flexibility index (Phi) is 3.94. The van der Waals surface area contributed by atoms with Crippen molar-refractivity contribution in [1.29, 1.82) is 0 Å². The second-order valence-electron chi connectivity index (χ2n) is 4.03. The van der Waals surface area contributed by atoms with Crippen molar-refractivity contribution >= 4 is 46.1 Å². The van der Waals surface area contributed by atoms with Crippen LogP contribution in [0.2, 0.25) is 15.2 Å². The first-order valence-corrected chi connectivity index (χ1v) is 7.68. The predicted molar refractivity (Wildman–Crippen MR) is 85.8 cm³/mol. The zero-order valence-electron chi connectivity index (χ0n) is 9.98. The Labute approximate surface area is 135 Å². The van der Waals surface area contributed by atoms with Gasteiger partial charge >= 0.3 is 0 Å². The van der Waals surface area contributed by atoms with Gasteiger partial charge in [0.25, 0.3) is 0 Å². The van der Waals surface area contributed by atoms with E-state index in [0.29, 0.717) is 15.2 Å². The molecule has 2 nitrogen and oxygen atoms in total. The summed E-state index contributed by atoms with van der Waals surface area (Å²) in [4.78, 5) is 8.54. The SMILES string of the molecule is Clc1ccc(Cl)c(-c2csc(-c3ccnc(Cl)c3)n2)c1. The Hall–Kier alpha value is -1.13. The summed E-state index contributed by atoms with van der Waals surface area (Å²) in [7, 11) is 0. The summed E-state index contributed by atoms with van der Waals surface area (Å²) in [6.07, 6.45) is 1.66. The Morgan fingerprint density at radius 3 is 2.65 bits per heavy atom. The van der Waals surface area contributed by atoms with Crippen LogP contribution in [0, 0.1) is 0 Å². The van der Waals surface area contributed by atoms with Crippen LogP contribution in [0.25, 0.3) is 21.8 Å². The minimum atomic E-state index is 0.444. The summed E-state index contributed by atoms with van der Waals surface area (Å²) in [5.74, 6) is 0. The van der Waals surface area contributed by atoms with E-state index < -0.39 is 0 Å². The maximum atomic E-state index is 6.19. The molecule has 0 amide bonds. The number of hydrogen-bond acceptors (Lipinski definition) is 3. The number of benzene rings is 1. The van der Waals surface area contributed by atoms with Crippen LogP contribution in [0.1, 0.15) is 0 Å². The molecule has 2 aromatic heterocycles. The smallest absolute Gasteiger partial charge is 0.129 e. The molecular formula is C14H7Cl3N2S. The van der Waals surface area contributed by atoms with Crippen LogP contribution in [-0.2, 0) is 0 Å². The van der Waals surface area contributed by atoms with Gasteiger partial charge in [0.1, 0.15) is 10.2 Å². The average Bonchev–Trinajstić information content (AvgIpc) is 2.91. The van der Waals surface area contributed by atoms with Crippen LogP contribution in [0.3, 0.4) is 0 Å². The number of thiazole rings is 1. The van der Waals surface area contributed by atoms with Crippen molar-refractivity contribution in [3.05, 3.63) is 57.1 Å². The molecule has 2 heterocycles. The van der Waals surface area contributed by atoms with Crippen molar-refractivity contribution in [2.45, 2.75) is 0 Å². The van der Waals surface area contributed by atoms with Crippen molar-refractivity contribution < 1.29 is 0 Å². The van der Waals surface area contributed by atoms with E-state index in [1.54, 1.807) is 24.4 Å². The van der Waals surface area contributed by atoms with Crippen molar-refractivity contribution in [1.82, 2.24) is 9.97 Å². The van der Waals surface area contributed by atoms with Gasteiger partial charge in [-0.25, -0.2) is 9.97 Å². The molecule has 0 aliphatic heterocycles. The highest BCUT2D eigenvalue weighted by atomic mass is 35.5. The Balaban J connectivity index is 2.04.